The van der Waals surface area contributed by atoms with Crippen LogP contribution in [0, 0.1) is 11.8 Å². The van der Waals surface area contributed by atoms with E-state index in [9.17, 15) is 4.79 Å². The maximum Gasteiger partial charge on any atom is 0.232 e. The Kier molecular flexibility index (Phi) is 13.3. The summed E-state index contributed by atoms with van der Waals surface area (Å²) in [6.45, 7) is 10.2. The summed E-state index contributed by atoms with van der Waals surface area (Å²) in [6, 6.07) is 23.0. The van der Waals surface area contributed by atoms with Gasteiger partial charge in [-0.15, -0.1) is 0 Å². The number of rotatable bonds is 20. The second kappa shape index (κ2) is 18.3. The van der Waals surface area contributed by atoms with Crippen molar-refractivity contribution >= 4 is 5.91 Å². The number of likely N-dealkylation sites (tertiary alicyclic amines) is 2. The third-order valence-corrected chi connectivity index (χ3v) is 11.5. The first-order valence-corrected chi connectivity index (χ1v) is 19.2. The molecule has 3 fully saturated rings. The van der Waals surface area contributed by atoms with Crippen molar-refractivity contribution in [3.05, 3.63) is 95.8 Å². The molecule has 2 aliphatic heterocycles. The molecule has 2 N–H and O–H groups in total. The van der Waals surface area contributed by atoms with Crippen molar-refractivity contribution in [2.75, 3.05) is 66.1 Å². The molecule has 8 heteroatoms. The van der Waals surface area contributed by atoms with Crippen LogP contribution < -0.4 is 10.5 Å². The standard InChI is InChI=1S/C42H59N5O3/c1-49-40-18-22-44-30-35(40)32-46-26-20-39(21-27-46)47(31-34-16-17-34)24-11-29-50-28-10-4-9-23-45-25-19-38(33-45)42(41(43)48,36-12-5-2-6-13-36)37-14-7-3-8-15-37/h2-3,5-8,12-15,18,22,30,34,38-39H,4,9-11,16-17,19-21,23-29,31-33H2,1H3,(H2,43,48)/t38-/m1/s1. The van der Waals surface area contributed by atoms with Crippen LogP contribution in [0.4, 0.5) is 0 Å². The maximum atomic E-state index is 13.4. The van der Waals surface area contributed by atoms with Gasteiger partial charge in [-0.2, -0.15) is 0 Å². The fourth-order valence-electron chi connectivity index (χ4n) is 8.57. The van der Waals surface area contributed by atoms with Gasteiger partial charge in [0, 0.05) is 63.4 Å². The lowest BCUT2D eigenvalue weighted by Gasteiger charge is -2.39. The second-order valence-electron chi connectivity index (χ2n) is 14.9. The Bertz CT molecular complexity index is 1400. The monoisotopic (exact) mass is 681 g/mol. The van der Waals surface area contributed by atoms with Crippen LogP contribution in [0.1, 0.15) is 74.5 Å². The van der Waals surface area contributed by atoms with E-state index in [2.05, 4.69) is 43.9 Å². The highest BCUT2D eigenvalue weighted by atomic mass is 16.5. The normalized spacial score (nSPS) is 19.3. The predicted octanol–water partition coefficient (Wildman–Crippen LogP) is 6.14. The molecule has 0 unspecified atom stereocenters. The van der Waals surface area contributed by atoms with E-state index in [1.165, 1.54) is 37.8 Å². The van der Waals surface area contributed by atoms with Crippen LogP contribution >= 0.6 is 0 Å². The molecule has 0 spiro atoms. The van der Waals surface area contributed by atoms with Crippen LogP contribution in [-0.4, -0.2) is 97.8 Å². The van der Waals surface area contributed by atoms with Gasteiger partial charge in [-0.25, -0.2) is 0 Å². The number of hydrogen-bond donors (Lipinski definition) is 1. The smallest absolute Gasteiger partial charge is 0.232 e. The molecule has 1 aromatic heterocycles. The van der Waals surface area contributed by atoms with Crippen LogP contribution in [0.15, 0.2) is 79.1 Å². The number of nitrogens with zero attached hydrogens (tertiary/aromatic N) is 4. The van der Waals surface area contributed by atoms with Crippen molar-refractivity contribution in [2.45, 2.75) is 75.8 Å². The first-order valence-electron chi connectivity index (χ1n) is 19.2. The lowest BCUT2D eigenvalue weighted by Crippen LogP contribution is -2.49. The fraction of sp³-hybridized carbons (Fsp3) is 0.571. The minimum Gasteiger partial charge on any atom is -0.496 e. The first kappa shape index (κ1) is 36.5. The zero-order valence-corrected chi connectivity index (χ0v) is 30.3. The van der Waals surface area contributed by atoms with Gasteiger partial charge in [0.15, 0.2) is 0 Å². The highest BCUT2D eigenvalue weighted by molar-refractivity contribution is 5.91. The van der Waals surface area contributed by atoms with E-state index in [0.29, 0.717) is 6.04 Å². The van der Waals surface area contributed by atoms with E-state index < -0.39 is 5.41 Å². The first-order chi connectivity index (χ1) is 24.6. The molecule has 0 radical (unpaired) electrons. The fourth-order valence-corrected chi connectivity index (χ4v) is 8.57. The van der Waals surface area contributed by atoms with Gasteiger partial charge in [0.05, 0.1) is 7.11 Å². The highest BCUT2D eigenvalue weighted by Gasteiger charge is 2.49. The summed E-state index contributed by atoms with van der Waals surface area (Å²) in [5.41, 5.74) is 8.65. The van der Waals surface area contributed by atoms with Crippen LogP contribution in [-0.2, 0) is 21.5 Å². The van der Waals surface area contributed by atoms with Crippen molar-refractivity contribution in [3.8, 4) is 5.75 Å². The number of amides is 1. The number of methoxy groups -OCH3 is 1. The number of aromatic nitrogens is 1. The molecule has 1 saturated carbocycles. The number of primary amides is 1. The molecule has 2 aromatic carbocycles. The van der Waals surface area contributed by atoms with Gasteiger partial charge in [0.25, 0.3) is 0 Å². The van der Waals surface area contributed by atoms with Gasteiger partial charge >= 0.3 is 0 Å². The van der Waals surface area contributed by atoms with E-state index in [1.54, 1.807) is 13.3 Å². The third kappa shape index (κ3) is 9.32. The Labute approximate surface area is 300 Å². The average molecular weight is 682 g/mol. The van der Waals surface area contributed by atoms with E-state index >= 15 is 0 Å². The molecule has 8 nitrogen and oxygen atoms in total. The molecule has 3 heterocycles. The van der Waals surface area contributed by atoms with E-state index in [1.807, 2.05) is 48.7 Å². The van der Waals surface area contributed by atoms with Crippen LogP contribution in [0.3, 0.4) is 0 Å². The van der Waals surface area contributed by atoms with E-state index in [0.717, 1.165) is 114 Å². The minimum atomic E-state index is -0.814. The molecule has 1 atom stereocenters. The molecule has 2 saturated heterocycles. The molecule has 50 heavy (non-hydrogen) atoms. The number of nitrogens with two attached hydrogens (primary N) is 1. The van der Waals surface area contributed by atoms with Crippen molar-refractivity contribution in [2.24, 2.45) is 17.6 Å². The lowest BCUT2D eigenvalue weighted by molar-refractivity contribution is -0.123. The van der Waals surface area contributed by atoms with Gasteiger partial charge in [0.2, 0.25) is 5.91 Å². The van der Waals surface area contributed by atoms with Crippen molar-refractivity contribution < 1.29 is 14.3 Å². The number of unbranched alkanes of at least 4 members (excludes halogenated alkanes) is 2. The minimum absolute atomic E-state index is 0.149. The predicted molar refractivity (Wildman–Crippen MR) is 200 cm³/mol. The summed E-state index contributed by atoms with van der Waals surface area (Å²) >= 11 is 0. The molecule has 1 aliphatic carbocycles. The van der Waals surface area contributed by atoms with Crippen LogP contribution in [0.2, 0.25) is 0 Å². The summed E-state index contributed by atoms with van der Waals surface area (Å²) in [7, 11) is 1.74. The van der Waals surface area contributed by atoms with Crippen LogP contribution in [0.25, 0.3) is 0 Å². The number of carbonyl (C=O) groups is 1. The molecule has 270 valence electrons. The summed E-state index contributed by atoms with van der Waals surface area (Å²) in [4.78, 5) is 25.5. The Morgan fingerprint density at radius 3 is 2.20 bits per heavy atom. The van der Waals surface area contributed by atoms with Gasteiger partial charge in [-0.1, -0.05) is 60.7 Å². The molecule has 0 bridgehead atoms. The van der Waals surface area contributed by atoms with Gasteiger partial charge in [-0.05, 0) is 113 Å². The van der Waals surface area contributed by atoms with Crippen molar-refractivity contribution in [3.63, 3.8) is 0 Å². The quantitative estimate of drug-likeness (QED) is 0.144. The number of pyridine rings is 1. The average Bonchev–Trinajstić information content (AvgIpc) is 3.86. The second-order valence-corrected chi connectivity index (χ2v) is 14.9. The number of ether oxygens (including phenoxy) is 2. The molecule has 6 rings (SSSR count). The molecular formula is C42H59N5O3. The molecule has 1 amide bonds. The third-order valence-electron chi connectivity index (χ3n) is 11.5. The van der Waals surface area contributed by atoms with Crippen LogP contribution in [0.5, 0.6) is 5.75 Å². The molecule has 3 aliphatic rings. The highest BCUT2D eigenvalue weighted by Crippen LogP contribution is 2.43. The topological polar surface area (TPSA) is 84.2 Å². The van der Waals surface area contributed by atoms with Crippen molar-refractivity contribution in [1.29, 1.82) is 0 Å². The Morgan fingerprint density at radius 1 is 0.860 bits per heavy atom. The van der Waals surface area contributed by atoms with Gasteiger partial charge < -0.3 is 20.1 Å². The lowest BCUT2D eigenvalue weighted by atomic mass is 9.64. The number of benzene rings is 2. The number of hydrogen-bond acceptors (Lipinski definition) is 7. The Balaban J connectivity index is 0.876. The summed E-state index contributed by atoms with van der Waals surface area (Å²) in [5, 5.41) is 0. The van der Waals surface area contributed by atoms with Gasteiger partial charge in [-0.3, -0.25) is 19.6 Å². The molecule has 3 aromatic rings. The molecular weight excluding hydrogens is 622 g/mol. The SMILES string of the molecule is COc1ccncc1CN1CCC(N(CCCOCCCCCN2CC[C@@H](C(C(N)=O)(c3ccccc3)c3ccccc3)C2)CC2CC2)CC1. The Hall–Kier alpha value is -3.30. The van der Waals surface area contributed by atoms with Gasteiger partial charge in [0.1, 0.15) is 11.2 Å². The zero-order chi connectivity index (χ0) is 34.6. The summed E-state index contributed by atoms with van der Waals surface area (Å²) in [5.74, 6) is 1.74. The number of piperidine rings is 1. The van der Waals surface area contributed by atoms with E-state index in [4.69, 9.17) is 15.2 Å². The van der Waals surface area contributed by atoms with Crippen molar-refractivity contribution in [1.82, 2.24) is 19.7 Å². The number of carbonyl (C=O) groups excluding carboxylic acids is 1. The zero-order valence-electron chi connectivity index (χ0n) is 30.3. The maximum absolute atomic E-state index is 13.4. The summed E-state index contributed by atoms with van der Waals surface area (Å²) in [6.07, 6.45) is 14.5. The van der Waals surface area contributed by atoms with E-state index in [-0.39, 0.29) is 11.8 Å². The largest absolute Gasteiger partial charge is 0.496 e. The summed E-state index contributed by atoms with van der Waals surface area (Å²) < 4.78 is 11.7. The Morgan fingerprint density at radius 2 is 1.54 bits per heavy atom.